The van der Waals surface area contributed by atoms with E-state index >= 15 is 0 Å². The van der Waals surface area contributed by atoms with Gasteiger partial charge in [-0.05, 0) is 19.9 Å². The molecule has 4 nitrogen and oxygen atoms in total. The Morgan fingerprint density at radius 2 is 2.36 bits per heavy atom. The summed E-state index contributed by atoms with van der Waals surface area (Å²) in [4.78, 5) is 10.4. The summed E-state index contributed by atoms with van der Waals surface area (Å²) in [6, 6.07) is 0. The lowest BCUT2D eigenvalue weighted by Crippen LogP contribution is -2.20. The maximum Gasteiger partial charge on any atom is 0.302 e. The SMILES string of the molecule is CC(=O)OCC=CC1COC(C)(C)O1. The van der Waals surface area contributed by atoms with Crippen LogP contribution in [0.1, 0.15) is 20.8 Å². The average Bonchev–Trinajstić information content (AvgIpc) is 2.39. The molecule has 0 aromatic heterocycles. The molecule has 1 rings (SSSR count). The summed E-state index contributed by atoms with van der Waals surface area (Å²) in [5, 5.41) is 0. The highest BCUT2D eigenvalue weighted by Gasteiger charge is 2.30. The number of carbonyl (C=O) groups is 1. The van der Waals surface area contributed by atoms with Gasteiger partial charge >= 0.3 is 5.97 Å². The first kappa shape index (κ1) is 11.2. The van der Waals surface area contributed by atoms with Gasteiger partial charge in [0.2, 0.25) is 0 Å². The van der Waals surface area contributed by atoms with Gasteiger partial charge in [0.1, 0.15) is 12.7 Å². The van der Waals surface area contributed by atoms with E-state index in [0.717, 1.165) is 0 Å². The third-order valence-corrected chi connectivity index (χ3v) is 1.76. The van der Waals surface area contributed by atoms with Gasteiger partial charge in [-0.2, -0.15) is 0 Å². The number of esters is 1. The van der Waals surface area contributed by atoms with Crippen molar-refractivity contribution in [2.24, 2.45) is 0 Å². The molecule has 0 bridgehead atoms. The smallest absolute Gasteiger partial charge is 0.302 e. The second-order valence-corrected chi connectivity index (χ2v) is 3.60. The molecular weight excluding hydrogens is 184 g/mol. The predicted octanol–water partition coefficient (Wildman–Crippen LogP) is 1.26. The molecule has 0 saturated carbocycles. The van der Waals surface area contributed by atoms with E-state index in [0.29, 0.717) is 6.61 Å². The predicted molar refractivity (Wildman–Crippen MR) is 50.7 cm³/mol. The van der Waals surface area contributed by atoms with Crippen LogP contribution in [-0.2, 0) is 19.0 Å². The summed E-state index contributed by atoms with van der Waals surface area (Å²) in [6.45, 7) is 5.95. The van der Waals surface area contributed by atoms with E-state index in [2.05, 4.69) is 0 Å². The van der Waals surface area contributed by atoms with Crippen molar-refractivity contribution in [2.45, 2.75) is 32.7 Å². The van der Waals surface area contributed by atoms with Crippen molar-refractivity contribution in [3.8, 4) is 0 Å². The van der Waals surface area contributed by atoms with Crippen LogP contribution in [0.4, 0.5) is 0 Å². The molecule has 0 radical (unpaired) electrons. The summed E-state index contributed by atoms with van der Waals surface area (Å²) >= 11 is 0. The number of hydrogen-bond acceptors (Lipinski definition) is 4. The Labute approximate surface area is 83.8 Å². The van der Waals surface area contributed by atoms with Crippen molar-refractivity contribution in [1.29, 1.82) is 0 Å². The molecule has 0 aliphatic carbocycles. The largest absolute Gasteiger partial charge is 0.462 e. The third-order valence-electron chi connectivity index (χ3n) is 1.76. The van der Waals surface area contributed by atoms with Gasteiger partial charge in [-0.1, -0.05) is 6.08 Å². The maximum absolute atomic E-state index is 10.4. The molecule has 4 heteroatoms. The topological polar surface area (TPSA) is 44.8 Å². The molecule has 1 atom stereocenters. The first-order valence-electron chi connectivity index (χ1n) is 4.61. The van der Waals surface area contributed by atoms with Crippen molar-refractivity contribution in [2.75, 3.05) is 13.2 Å². The zero-order chi connectivity index (χ0) is 10.6. The fourth-order valence-corrected chi connectivity index (χ4v) is 1.18. The van der Waals surface area contributed by atoms with Crippen LogP contribution in [0.5, 0.6) is 0 Å². The van der Waals surface area contributed by atoms with E-state index in [1.54, 1.807) is 6.08 Å². The molecule has 1 aliphatic heterocycles. The molecule has 1 unspecified atom stereocenters. The van der Waals surface area contributed by atoms with Crippen molar-refractivity contribution < 1.29 is 19.0 Å². The zero-order valence-corrected chi connectivity index (χ0v) is 8.78. The standard InChI is InChI=1S/C10H16O4/c1-8(11)12-6-4-5-9-7-13-10(2,3)14-9/h4-5,9H,6-7H2,1-3H3. The Morgan fingerprint density at radius 1 is 1.64 bits per heavy atom. The molecule has 0 aromatic rings. The fraction of sp³-hybridized carbons (Fsp3) is 0.700. The van der Waals surface area contributed by atoms with E-state index in [1.807, 2.05) is 19.9 Å². The lowest BCUT2D eigenvalue weighted by molar-refractivity contribution is -0.140. The lowest BCUT2D eigenvalue weighted by Gasteiger charge is -2.15. The molecule has 80 valence electrons. The number of rotatable bonds is 3. The fourth-order valence-electron chi connectivity index (χ4n) is 1.18. The van der Waals surface area contributed by atoms with Gasteiger partial charge in [0.25, 0.3) is 0 Å². The molecule has 1 fully saturated rings. The van der Waals surface area contributed by atoms with Crippen LogP contribution in [0.25, 0.3) is 0 Å². The van der Waals surface area contributed by atoms with Gasteiger partial charge < -0.3 is 14.2 Å². The minimum atomic E-state index is -0.504. The maximum atomic E-state index is 10.4. The first-order valence-corrected chi connectivity index (χ1v) is 4.61. The average molecular weight is 200 g/mol. The molecular formula is C10H16O4. The van der Waals surface area contributed by atoms with Gasteiger partial charge in [-0.3, -0.25) is 4.79 Å². The van der Waals surface area contributed by atoms with Gasteiger partial charge in [0.15, 0.2) is 5.79 Å². The Bertz CT molecular complexity index is 232. The summed E-state index contributed by atoms with van der Waals surface area (Å²) in [7, 11) is 0. The second-order valence-electron chi connectivity index (χ2n) is 3.60. The highest BCUT2D eigenvalue weighted by Crippen LogP contribution is 2.22. The Kier molecular flexibility index (Phi) is 3.66. The minimum Gasteiger partial charge on any atom is -0.462 e. The van der Waals surface area contributed by atoms with Crippen LogP contribution >= 0.6 is 0 Å². The quantitative estimate of drug-likeness (QED) is 0.508. The number of hydrogen-bond donors (Lipinski definition) is 0. The van der Waals surface area contributed by atoms with E-state index in [1.165, 1.54) is 6.92 Å². The van der Waals surface area contributed by atoms with Gasteiger partial charge in [0, 0.05) is 6.92 Å². The van der Waals surface area contributed by atoms with E-state index in [9.17, 15) is 4.79 Å². The molecule has 0 aromatic carbocycles. The lowest BCUT2D eigenvalue weighted by atomic mass is 10.3. The van der Waals surface area contributed by atoms with Gasteiger partial charge in [-0.25, -0.2) is 0 Å². The number of ether oxygens (including phenoxy) is 3. The van der Waals surface area contributed by atoms with Crippen molar-refractivity contribution in [3.63, 3.8) is 0 Å². The van der Waals surface area contributed by atoms with Gasteiger partial charge in [0.05, 0.1) is 6.61 Å². The van der Waals surface area contributed by atoms with Crippen LogP contribution in [-0.4, -0.2) is 31.1 Å². The normalized spacial score (nSPS) is 25.5. The summed E-state index contributed by atoms with van der Waals surface area (Å²) in [6.07, 6.45) is 3.56. The van der Waals surface area contributed by atoms with E-state index < -0.39 is 5.79 Å². The Morgan fingerprint density at radius 3 is 2.86 bits per heavy atom. The van der Waals surface area contributed by atoms with Crippen LogP contribution in [0.2, 0.25) is 0 Å². The molecule has 14 heavy (non-hydrogen) atoms. The van der Waals surface area contributed by atoms with E-state index in [-0.39, 0.29) is 18.7 Å². The zero-order valence-electron chi connectivity index (χ0n) is 8.78. The summed E-state index contributed by atoms with van der Waals surface area (Å²) < 4.78 is 15.6. The minimum absolute atomic E-state index is 0.0411. The van der Waals surface area contributed by atoms with Crippen molar-refractivity contribution in [3.05, 3.63) is 12.2 Å². The monoisotopic (exact) mass is 200 g/mol. The third kappa shape index (κ3) is 3.89. The van der Waals surface area contributed by atoms with Crippen LogP contribution in [0.3, 0.4) is 0 Å². The molecule has 1 aliphatic rings. The number of carbonyl (C=O) groups excluding carboxylic acids is 1. The van der Waals surface area contributed by atoms with Crippen LogP contribution in [0, 0.1) is 0 Å². The molecule has 0 N–H and O–H groups in total. The van der Waals surface area contributed by atoms with Crippen LogP contribution < -0.4 is 0 Å². The highest BCUT2D eigenvalue weighted by molar-refractivity contribution is 5.65. The van der Waals surface area contributed by atoms with Gasteiger partial charge in [-0.15, -0.1) is 0 Å². The van der Waals surface area contributed by atoms with Crippen LogP contribution in [0.15, 0.2) is 12.2 Å². The molecule has 0 amide bonds. The highest BCUT2D eigenvalue weighted by atomic mass is 16.7. The van der Waals surface area contributed by atoms with Crippen molar-refractivity contribution >= 4 is 5.97 Å². The summed E-state index contributed by atoms with van der Waals surface area (Å²) in [5.74, 6) is -0.783. The summed E-state index contributed by atoms with van der Waals surface area (Å²) in [5.41, 5.74) is 0. The molecule has 1 saturated heterocycles. The first-order chi connectivity index (χ1) is 6.49. The van der Waals surface area contributed by atoms with Crippen molar-refractivity contribution in [1.82, 2.24) is 0 Å². The second kappa shape index (κ2) is 4.57. The molecule has 1 heterocycles. The molecule has 0 spiro atoms. The Balaban J connectivity index is 2.22. The van der Waals surface area contributed by atoms with E-state index in [4.69, 9.17) is 14.2 Å². The Hall–Kier alpha value is -0.870.